The number of carbonyl (C=O) groups is 2. The first-order valence-corrected chi connectivity index (χ1v) is 9.16. The third-order valence-electron chi connectivity index (χ3n) is 4.27. The highest BCUT2D eigenvalue weighted by molar-refractivity contribution is 5.95. The molecule has 0 radical (unpaired) electrons. The number of hydrogen-bond acceptors (Lipinski definition) is 6. The van der Waals surface area contributed by atoms with Crippen molar-refractivity contribution in [3.05, 3.63) is 53.1 Å². The number of nitrogens with one attached hydrogen (secondary N) is 1. The average molecular weight is 397 g/mol. The van der Waals surface area contributed by atoms with Gasteiger partial charge in [-0.3, -0.25) is 4.79 Å². The van der Waals surface area contributed by atoms with Crippen LogP contribution in [-0.2, 0) is 14.3 Å². The number of fused-ring (bicyclic) bond motifs is 1. The van der Waals surface area contributed by atoms with Crippen molar-refractivity contribution in [3.63, 3.8) is 0 Å². The summed E-state index contributed by atoms with van der Waals surface area (Å²) in [6.07, 6.45) is 2.81. The fourth-order valence-corrected chi connectivity index (χ4v) is 2.80. The van der Waals surface area contributed by atoms with Crippen LogP contribution in [0.4, 0.5) is 5.69 Å². The zero-order valence-electron chi connectivity index (χ0n) is 16.6. The van der Waals surface area contributed by atoms with Gasteiger partial charge in [-0.25, -0.2) is 4.79 Å². The number of methoxy groups -OCH3 is 1. The summed E-state index contributed by atoms with van der Waals surface area (Å²) < 4.78 is 21.4. The van der Waals surface area contributed by atoms with Crippen LogP contribution in [0.3, 0.4) is 0 Å². The zero-order valence-corrected chi connectivity index (χ0v) is 16.6. The van der Waals surface area contributed by atoms with Gasteiger partial charge in [0.2, 0.25) is 5.75 Å². The van der Waals surface area contributed by atoms with Crippen LogP contribution < -0.4 is 19.5 Å². The van der Waals surface area contributed by atoms with Gasteiger partial charge in [-0.05, 0) is 54.8 Å². The smallest absolute Gasteiger partial charge is 0.331 e. The third-order valence-corrected chi connectivity index (χ3v) is 4.27. The molecule has 0 saturated heterocycles. The van der Waals surface area contributed by atoms with Crippen LogP contribution in [0, 0.1) is 13.8 Å². The van der Waals surface area contributed by atoms with Crippen molar-refractivity contribution in [2.24, 2.45) is 0 Å². The summed E-state index contributed by atoms with van der Waals surface area (Å²) in [6.45, 7) is 4.36. The minimum absolute atomic E-state index is 0.374. The fraction of sp³-hybridized carbons (Fsp3) is 0.273. The summed E-state index contributed by atoms with van der Waals surface area (Å²) >= 11 is 0. The van der Waals surface area contributed by atoms with E-state index in [4.69, 9.17) is 18.9 Å². The lowest BCUT2D eigenvalue weighted by molar-refractivity contribution is -0.142. The number of anilines is 1. The van der Waals surface area contributed by atoms with Gasteiger partial charge in [0.15, 0.2) is 18.1 Å². The molecule has 0 bridgehead atoms. The van der Waals surface area contributed by atoms with Crippen LogP contribution >= 0.6 is 0 Å². The van der Waals surface area contributed by atoms with Crippen molar-refractivity contribution >= 4 is 23.6 Å². The van der Waals surface area contributed by atoms with Crippen molar-refractivity contribution in [2.75, 3.05) is 32.2 Å². The molecule has 1 heterocycles. The molecule has 0 atom stereocenters. The summed E-state index contributed by atoms with van der Waals surface area (Å²) in [5.41, 5.74) is 3.34. The van der Waals surface area contributed by atoms with Crippen molar-refractivity contribution in [1.82, 2.24) is 0 Å². The molecule has 0 unspecified atom stereocenters. The summed E-state index contributed by atoms with van der Waals surface area (Å²) in [5, 5.41) is 2.74. The molecule has 2 aromatic carbocycles. The summed E-state index contributed by atoms with van der Waals surface area (Å²) in [4.78, 5) is 24.0. The van der Waals surface area contributed by atoms with Gasteiger partial charge in [0, 0.05) is 11.8 Å². The number of benzene rings is 2. The third kappa shape index (κ3) is 5.28. The fourth-order valence-electron chi connectivity index (χ4n) is 2.80. The predicted octanol–water partition coefficient (Wildman–Crippen LogP) is 3.28. The average Bonchev–Trinajstić information content (AvgIpc) is 2.72. The van der Waals surface area contributed by atoms with Crippen molar-refractivity contribution in [1.29, 1.82) is 0 Å². The maximum absolute atomic E-state index is 12.0. The van der Waals surface area contributed by atoms with Crippen molar-refractivity contribution in [2.45, 2.75) is 13.8 Å². The second-order valence-corrected chi connectivity index (χ2v) is 6.55. The molecule has 29 heavy (non-hydrogen) atoms. The van der Waals surface area contributed by atoms with Crippen LogP contribution in [-0.4, -0.2) is 38.8 Å². The molecule has 3 rings (SSSR count). The number of esters is 1. The molecule has 152 valence electrons. The molecule has 1 N–H and O–H groups in total. The van der Waals surface area contributed by atoms with E-state index in [0.717, 1.165) is 11.1 Å². The molecular weight excluding hydrogens is 374 g/mol. The van der Waals surface area contributed by atoms with E-state index >= 15 is 0 Å². The second-order valence-electron chi connectivity index (χ2n) is 6.55. The Balaban J connectivity index is 1.57. The quantitative estimate of drug-likeness (QED) is 0.595. The molecule has 0 aliphatic carbocycles. The van der Waals surface area contributed by atoms with E-state index in [0.29, 0.717) is 41.7 Å². The summed E-state index contributed by atoms with van der Waals surface area (Å²) in [5.74, 6) is 0.581. The van der Waals surface area contributed by atoms with E-state index in [1.165, 1.54) is 13.2 Å². The number of ether oxygens (including phenoxy) is 4. The minimum atomic E-state index is -0.630. The number of hydrogen-bond donors (Lipinski definition) is 1. The molecule has 1 aliphatic heterocycles. The van der Waals surface area contributed by atoms with Gasteiger partial charge in [-0.1, -0.05) is 12.1 Å². The maximum atomic E-state index is 12.0. The lowest BCUT2D eigenvalue weighted by Crippen LogP contribution is -2.20. The first kappa shape index (κ1) is 20.3. The molecule has 0 fully saturated rings. The lowest BCUT2D eigenvalue weighted by Gasteiger charge is -2.20. The number of rotatable bonds is 6. The summed E-state index contributed by atoms with van der Waals surface area (Å²) in [7, 11) is 1.53. The SMILES string of the molecule is COc1cc(/C=C/C(=O)OCC(=O)Nc2cc(C)ccc2C)cc2c1OCCO2. The molecule has 7 nitrogen and oxygen atoms in total. The molecule has 0 saturated carbocycles. The van der Waals surface area contributed by atoms with Gasteiger partial charge in [0.25, 0.3) is 5.91 Å². The molecule has 2 aromatic rings. The van der Waals surface area contributed by atoms with Gasteiger partial charge >= 0.3 is 5.97 Å². The van der Waals surface area contributed by atoms with Gasteiger partial charge in [-0.2, -0.15) is 0 Å². The highest BCUT2D eigenvalue weighted by Crippen LogP contribution is 2.40. The number of carbonyl (C=O) groups excluding carboxylic acids is 2. The first-order valence-electron chi connectivity index (χ1n) is 9.16. The normalized spacial score (nSPS) is 12.5. The van der Waals surface area contributed by atoms with Gasteiger partial charge in [0.1, 0.15) is 13.2 Å². The molecule has 7 heteroatoms. The molecule has 1 amide bonds. The molecular formula is C22H23NO6. The van der Waals surface area contributed by atoms with Crippen LogP contribution in [0.1, 0.15) is 16.7 Å². The summed E-state index contributed by atoms with van der Waals surface area (Å²) in [6, 6.07) is 9.22. The Morgan fingerprint density at radius 2 is 1.93 bits per heavy atom. The highest BCUT2D eigenvalue weighted by atomic mass is 16.6. The zero-order chi connectivity index (χ0) is 20.8. The minimum Gasteiger partial charge on any atom is -0.493 e. The Morgan fingerprint density at radius 3 is 2.72 bits per heavy atom. The Hall–Kier alpha value is -3.48. The largest absolute Gasteiger partial charge is 0.493 e. The van der Waals surface area contributed by atoms with E-state index in [-0.39, 0.29) is 6.61 Å². The number of amides is 1. The Morgan fingerprint density at radius 1 is 1.14 bits per heavy atom. The Kier molecular flexibility index (Phi) is 6.39. The van der Waals surface area contributed by atoms with Crippen molar-refractivity contribution in [3.8, 4) is 17.2 Å². The number of aryl methyl sites for hydroxylation is 2. The van der Waals surface area contributed by atoms with E-state index < -0.39 is 11.9 Å². The predicted molar refractivity (Wildman–Crippen MR) is 109 cm³/mol. The monoisotopic (exact) mass is 397 g/mol. The van der Waals surface area contributed by atoms with Crippen LogP contribution in [0.5, 0.6) is 17.2 Å². The van der Waals surface area contributed by atoms with E-state index in [9.17, 15) is 9.59 Å². The highest BCUT2D eigenvalue weighted by Gasteiger charge is 2.18. The standard InChI is InChI=1S/C22H23NO6/c1-14-4-5-15(2)17(10-14)23-20(24)13-29-21(25)7-6-16-11-18(26-3)22-19(12-16)27-8-9-28-22/h4-7,10-12H,8-9,13H2,1-3H3,(H,23,24)/b7-6+. The lowest BCUT2D eigenvalue weighted by atomic mass is 10.1. The van der Waals surface area contributed by atoms with E-state index in [1.54, 1.807) is 18.2 Å². The van der Waals surface area contributed by atoms with Crippen LogP contribution in [0.25, 0.3) is 6.08 Å². The van der Waals surface area contributed by atoms with Crippen LogP contribution in [0.15, 0.2) is 36.4 Å². The van der Waals surface area contributed by atoms with Gasteiger partial charge in [-0.15, -0.1) is 0 Å². The van der Waals surface area contributed by atoms with Crippen molar-refractivity contribution < 1.29 is 28.5 Å². The Labute approximate surface area is 169 Å². The topological polar surface area (TPSA) is 83.1 Å². The van der Waals surface area contributed by atoms with E-state index in [2.05, 4.69) is 5.32 Å². The Bertz CT molecular complexity index is 933. The molecule has 0 aromatic heterocycles. The second kappa shape index (κ2) is 9.14. The maximum Gasteiger partial charge on any atom is 0.331 e. The van der Waals surface area contributed by atoms with Gasteiger partial charge < -0.3 is 24.3 Å². The van der Waals surface area contributed by atoms with E-state index in [1.807, 2.05) is 32.0 Å². The van der Waals surface area contributed by atoms with Crippen LogP contribution in [0.2, 0.25) is 0 Å². The first-order chi connectivity index (χ1) is 14.0. The molecule has 0 spiro atoms. The van der Waals surface area contributed by atoms with Gasteiger partial charge in [0.05, 0.1) is 7.11 Å². The molecule has 1 aliphatic rings.